The fourth-order valence-corrected chi connectivity index (χ4v) is 2.26. The molecule has 23 heavy (non-hydrogen) atoms. The van der Waals surface area contributed by atoms with E-state index in [1.165, 1.54) is 7.11 Å². The highest BCUT2D eigenvalue weighted by atomic mass is 16.5. The molecule has 0 atom stereocenters. The van der Waals surface area contributed by atoms with Gasteiger partial charge in [-0.3, -0.25) is 4.79 Å². The second kappa shape index (κ2) is 5.84. The lowest BCUT2D eigenvalue weighted by Gasteiger charge is -2.10. The predicted molar refractivity (Wildman–Crippen MR) is 85.1 cm³/mol. The van der Waals surface area contributed by atoms with Crippen molar-refractivity contribution in [2.45, 2.75) is 0 Å². The molecule has 2 aromatic carbocycles. The smallest absolute Gasteiger partial charge is 0.364 e. The van der Waals surface area contributed by atoms with Crippen LogP contribution in [0.5, 0.6) is 11.5 Å². The average Bonchev–Trinajstić information content (AvgIpc) is 2.58. The molecule has 0 aliphatic rings. The third-order valence-corrected chi connectivity index (χ3v) is 3.38. The molecular formula is C17H13NO5. The maximum absolute atomic E-state index is 12.4. The molecule has 116 valence electrons. The number of rotatable bonds is 3. The molecule has 0 aliphatic heterocycles. The van der Waals surface area contributed by atoms with Crippen molar-refractivity contribution >= 4 is 22.6 Å². The van der Waals surface area contributed by atoms with E-state index in [9.17, 15) is 14.7 Å². The average molecular weight is 311 g/mol. The normalized spacial score (nSPS) is 10.5. The Hall–Kier alpha value is -3.28. The number of methoxy groups -OCH3 is 1. The number of hydrogen-bond donors (Lipinski definition) is 2. The Bertz CT molecular complexity index is 945. The third kappa shape index (κ3) is 2.62. The lowest BCUT2D eigenvalue weighted by Crippen LogP contribution is -2.18. The summed E-state index contributed by atoms with van der Waals surface area (Å²) in [6.07, 6.45) is 0. The molecule has 6 heteroatoms. The summed E-state index contributed by atoms with van der Waals surface area (Å²) >= 11 is 0. The zero-order valence-corrected chi connectivity index (χ0v) is 12.2. The number of hydrogen-bond acceptors (Lipinski definition) is 5. The number of carbonyl (C=O) groups excluding carboxylic acids is 1. The van der Waals surface area contributed by atoms with E-state index in [1.807, 2.05) is 0 Å². The van der Waals surface area contributed by atoms with Crippen molar-refractivity contribution in [3.63, 3.8) is 0 Å². The van der Waals surface area contributed by atoms with Gasteiger partial charge in [0.05, 0.1) is 18.1 Å². The number of ether oxygens (including phenoxy) is 1. The Labute approximate surface area is 130 Å². The third-order valence-electron chi connectivity index (χ3n) is 3.38. The second-order valence-corrected chi connectivity index (χ2v) is 4.76. The molecule has 0 aliphatic carbocycles. The lowest BCUT2D eigenvalue weighted by atomic mass is 10.1. The molecule has 3 aromatic rings. The largest absolute Gasteiger partial charge is 0.505 e. The SMILES string of the molecule is COc1ccccc1C(=O)Nc1c(O)c2ccccc2oc1=O. The summed E-state index contributed by atoms with van der Waals surface area (Å²) in [5, 5.41) is 13.0. The summed E-state index contributed by atoms with van der Waals surface area (Å²) in [6.45, 7) is 0. The Balaban J connectivity index is 2.05. The van der Waals surface area contributed by atoms with Crippen LogP contribution in [0.25, 0.3) is 11.0 Å². The van der Waals surface area contributed by atoms with Crippen molar-refractivity contribution in [3.05, 3.63) is 64.5 Å². The van der Waals surface area contributed by atoms with Crippen LogP contribution >= 0.6 is 0 Å². The van der Waals surface area contributed by atoms with E-state index in [4.69, 9.17) is 9.15 Å². The molecule has 2 N–H and O–H groups in total. The highest BCUT2D eigenvalue weighted by molar-refractivity contribution is 6.07. The first-order valence-corrected chi connectivity index (χ1v) is 6.81. The van der Waals surface area contributed by atoms with E-state index in [-0.39, 0.29) is 22.6 Å². The molecule has 0 fully saturated rings. The molecule has 6 nitrogen and oxygen atoms in total. The van der Waals surface area contributed by atoms with Gasteiger partial charge in [-0.15, -0.1) is 0 Å². The number of aromatic hydroxyl groups is 1. The van der Waals surface area contributed by atoms with Gasteiger partial charge in [-0.2, -0.15) is 0 Å². The number of anilines is 1. The van der Waals surface area contributed by atoms with Gasteiger partial charge < -0.3 is 19.6 Å². The van der Waals surface area contributed by atoms with Crippen LogP contribution in [0.4, 0.5) is 5.69 Å². The Morgan fingerprint density at radius 1 is 1.13 bits per heavy atom. The Morgan fingerprint density at radius 2 is 1.83 bits per heavy atom. The van der Waals surface area contributed by atoms with Crippen molar-refractivity contribution in [2.75, 3.05) is 12.4 Å². The van der Waals surface area contributed by atoms with Gasteiger partial charge >= 0.3 is 5.63 Å². The van der Waals surface area contributed by atoms with Crippen LogP contribution in [0.15, 0.2) is 57.7 Å². The fraction of sp³-hybridized carbons (Fsp3) is 0.0588. The van der Waals surface area contributed by atoms with Gasteiger partial charge in [0.2, 0.25) is 0 Å². The van der Waals surface area contributed by atoms with Gasteiger partial charge in [0.1, 0.15) is 11.3 Å². The van der Waals surface area contributed by atoms with Gasteiger partial charge in [0, 0.05) is 0 Å². The van der Waals surface area contributed by atoms with E-state index in [0.29, 0.717) is 11.1 Å². The van der Waals surface area contributed by atoms with Crippen LogP contribution in [0.1, 0.15) is 10.4 Å². The van der Waals surface area contributed by atoms with Crippen LogP contribution in [0.3, 0.4) is 0 Å². The van der Waals surface area contributed by atoms with Crippen LogP contribution in [-0.4, -0.2) is 18.1 Å². The molecule has 3 rings (SSSR count). The minimum Gasteiger partial charge on any atom is -0.505 e. The minimum atomic E-state index is -0.829. The summed E-state index contributed by atoms with van der Waals surface area (Å²) in [5.41, 5.74) is -0.656. The summed E-state index contributed by atoms with van der Waals surface area (Å²) in [5.74, 6) is -0.560. The maximum atomic E-state index is 12.4. The standard InChI is InChI=1S/C17H13NO5/c1-22-12-8-4-3-7-11(12)16(20)18-14-15(19)10-6-2-5-9-13(10)23-17(14)21/h2-9,19H,1H3,(H,18,20). The molecule has 1 aromatic heterocycles. The van der Waals surface area contributed by atoms with Crippen LogP contribution in [0.2, 0.25) is 0 Å². The summed E-state index contributed by atoms with van der Waals surface area (Å²) in [7, 11) is 1.44. The highest BCUT2D eigenvalue weighted by Crippen LogP contribution is 2.30. The number of para-hydroxylation sites is 2. The molecule has 0 bridgehead atoms. The summed E-state index contributed by atoms with van der Waals surface area (Å²) in [6, 6.07) is 13.1. The molecule has 0 saturated carbocycles. The predicted octanol–water partition coefficient (Wildman–Crippen LogP) is 2.76. The number of benzene rings is 2. The Kier molecular flexibility index (Phi) is 3.72. The molecule has 0 spiro atoms. The monoisotopic (exact) mass is 311 g/mol. The van der Waals surface area contributed by atoms with Gasteiger partial charge in [0.15, 0.2) is 11.4 Å². The van der Waals surface area contributed by atoms with Crippen LogP contribution in [0, 0.1) is 0 Å². The van der Waals surface area contributed by atoms with Crippen molar-refractivity contribution in [3.8, 4) is 11.5 Å². The van der Waals surface area contributed by atoms with Gasteiger partial charge in [-0.25, -0.2) is 4.79 Å². The van der Waals surface area contributed by atoms with E-state index in [2.05, 4.69) is 5.32 Å². The van der Waals surface area contributed by atoms with Crippen molar-refractivity contribution in [1.82, 2.24) is 0 Å². The van der Waals surface area contributed by atoms with E-state index in [1.54, 1.807) is 48.5 Å². The zero-order valence-electron chi connectivity index (χ0n) is 12.2. The molecular weight excluding hydrogens is 298 g/mol. The second-order valence-electron chi connectivity index (χ2n) is 4.76. The van der Waals surface area contributed by atoms with Crippen molar-refractivity contribution < 1.29 is 19.1 Å². The van der Waals surface area contributed by atoms with Gasteiger partial charge in [0.25, 0.3) is 5.91 Å². The summed E-state index contributed by atoms with van der Waals surface area (Å²) in [4.78, 5) is 24.4. The first-order valence-electron chi connectivity index (χ1n) is 6.81. The van der Waals surface area contributed by atoms with Gasteiger partial charge in [-0.1, -0.05) is 24.3 Å². The lowest BCUT2D eigenvalue weighted by molar-refractivity contribution is 0.102. The van der Waals surface area contributed by atoms with E-state index >= 15 is 0 Å². The number of nitrogens with one attached hydrogen (secondary N) is 1. The molecule has 1 amide bonds. The van der Waals surface area contributed by atoms with Gasteiger partial charge in [-0.05, 0) is 24.3 Å². The first kappa shape index (κ1) is 14.6. The van der Waals surface area contributed by atoms with Crippen LogP contribution < -0.4 is 15.7 Å². The zero-order chi connectivity index (χ0) is 16.4. The number of amides is 1. The quantitative estimate of drug-likeness (QED) is 0.726. The molecule has 1 heterocycles. The van der Waals surface area contributed by atoms with E-state index in [0.717, 1.165) is 0 Å². The molecule has 0 saturated heterocycles. The van der Waals surface area contributed by atoms with Crippen molar-refractivity contribution in [1.29, 1.82) is 0 Å². The maximum Gasteiger partial charge on any atom is 0.364 e. The molecule has 0 radical (unpaired) electrons. The number of carbonyl (C=O) groups is 1. The van der Waals surface area contributed by atoms with E-state index < -0.39 is 11.5 Å². The fourth-order valence-electron chi connectivity index (χ4n) is 2.26. The highest BCUT2D eigenvalue weighted by Gasteiger charge is 2.18. The Morgan fingerprint density at radius 3 is 2.61 bits per heavy atom. The summed E-state index contributed by atoms with van der Waals surface area (Å²) < 4.78 is 10.2. The minimum absolute atomic E-state index is 0.238. The first-order chi connectivity index (χ1) is 11.1. The topological polar surface area (TPSA) is 88.8 Å². The van der Waals surface area contributed by atoms with Crippen molar-refractivity contribution in [2.24, 2.45) is 0 Å². The van der Waals surface area contributed by atoms with Crippen LogP contribution in [-0.2, 0) is 0 Å². The number of fused-ring (bicyclic) bond motifs is 1. The molecule has 0 unspecified atom stereocenters.